The van der Waals surface area contributed by atoms with Crippen LogP contribution in [0.1, 0.15) is 48.0 Å². The summed E-state index contributed by atoms with van der Waals surface area (Å²) in [5.74, 6) is -0.945. The molecular weight excluding hydrogens is 563 g/mol. The van der Waals surface area contributed by atoms with Gasteiger partial charge in [0.15, 0.2) is 0 Å². The van der Waals surface area contributed by atoms with E-state index in [1.807, 2.05) is 16.5 Å². The van der Waals surface area contributed by atoms with Gasteiger partial charge in [-0.05, 0) is 49.4 Å². The summed E-state index contributed by atoms with van der Waals surface area (Å²) in [6.07, 6.45) is -2.46. The SMILES string of the molecule is CCC(Oc1ccc(C(=O)NS(=O)(=O)N2CCN(CC)CC2)cc1C(F)(F)F)c1ccc(Oc2ccccn2)cn1. The molecule has 14 heteroatoms. The minimum absolute atomic E-state index is 0.166. The number of halogens is 3. The zero-order chi connectivity index (χ0) is 29.6. The topological polar surface area (TPSA) is 114 Å². The Labute approximate surface area is 236 Å². The predicted octanol–water partition coefficient (Wildman–Crippen LogP) is 4.43. The molecule has 2 aromatic heterocycles. The van der Waals surface area contributed by atoms with Gasteiger partial charge in [0.25, 0.3) is 5.91 Å². The summed E-state index contributed by atoms with van der Waals surface area (Å²) >= 11 is 0. The van der Waals surface area contributed by atoms with E-state index in [4.69, 9.17) is 9.47 Å². The molecule has 0 radical (unpaired) electrons. The van der Waals surface area contributed by atoms with Crippen LogP contribution in [0.25, 0.3) is 0 Å². The van der Waals surface area contributed by atoms with Gasteiger partial charge >= 0.3 is 16.4 Å². The molecule has 1 aliphatic rings. The van der Waals surface area contributed by atoms with Crippen LogP contribution >= 0.6 is 0 Å². The maximum absolute atomic E-state index is 14.0. The highest BCUT2D eigenvalue weighted by atomic mass is 32.2. The number of alkyl halides is 3. The van der Waals surface area contributed by atoms with E-state index < -0.39 is 45.3 Å². The molecule has 3 heterocycles. The smallest absolute Gasteiger partial charge is 0.419 e. The van der Waals surface area contributed by atoms with Crippen LogP contribution in [-0.2, 0) is 16.4 Å². The summed E-state index contributed by atoms with van der Waals surface area (Å²) in [6.45, 7) is 5.75. The van der Waals surface area contributed by atoms with E-state index in [1.54, 1.807) is 43.5 Å². The molecule has 1 atom stereocenters. The maximum Gasteiger partial charge on any atom is 0.419 e. The highest BCUT2D eigenvalue weighted by molar-refractivity contribution is 7.87. The number of carbonyl (C=O) groups is 1. The number of carbonyl (C=O) groups excluding carboxylic acids is 1. The number of benzene rings is 1. The number of hydrogen-bond donors (Lipinski definition) is 1. The van der Waals surface area contributed by atoms with Gasteiger partial charge < -0.3 is 14.4 Å². The Bertz CT molecular complexity index is 1430. The van der Waals surface area contributed by atoms with E-state index in [1.165, 1.54) is 6.20 Å². The fraction of sp³-hybridized carbons (Fsp3) is 0.370. The standard InChI is InChI=1S/C27H30F3N5O5S/c1-3-23(22-10-9-20(18-32-22)39-25-7-5-6-12-31-25)40-24-11-8-19(17-21(24)27(28,29)30)26(36)33-41(37,38)35-15-13-34(4-2)14-16-35/h5-12,17-18,23H,3-4,13-16H2,1-2H3,(H,33,36). The molecule has 1 amide bonds. The lowest BCUT2D eigenvalue weighted by Crippen LogP contribution is -2.52. The van der Waals surface area contributed by atoms with Crippen molar-refractivity contribution in [2.75, 3.05) is 32.7 Å². The van der Waals surface area contributed by atoms with E-state index in [0.29, 0.717) is 36.5 Å². The first-order valence-electron chi connectivity index (χ1n) is 13.0. The molecule has 1 aliphatic heterocycles. The van der Waals surface area contributed by atoms with Crippen LogP contribution < -0.4 is 14.2 Å². The van der Waals surface area contributed by atoms with E-state index in [-0.39, 0.29) is 19.5 Å². The van der Waals surface area contributed by atoms with Crippen LogP contribution in [0.5, 0.6) is 17.4 Å². The van der Waals surface area contributed by atoms with Gasteiger partial charge in [0.05, 0.1) is 17.5 Å². The molecule has 1 aromatic carbocycles. The van der Waals surface area contributed by atoms with Crippen molar-refractivity contribution in [3.63, 3.8) is 0 Å². The van der Waals surface area contributed by atoms with Gasteiger partial charge in [0.1, 0.15) is 17.6 Å². The molecule has 1 unspecified atom stereocenters. The Balaban J connectivity index is 1.49. The van der Waals surface area contributed by atoms with E-state index in [9.17, 15) is 26.4 Å². The molecule has 0 aliphatic carbocycles. The average Bonchev–Trinajstić information content (AvgIpc) is 2.96. The van der Waals surface area contributed by atoms with E-state index in [0.717, 1.165) is 23.0 Å². The monoisotopic (exact) mass is 593 g/mol. The summed E-state index contributed by atoms with van der Waals surface area (Å²) in [4.78, 5) is 23.1. The summed E-state index contributed by atoms with van der Waals surface area (Å²) in [6, 6.07) is 11.0. The van der Waals surface area contributed by atoms with Crippen molar-refractivity contribution in [3.8, 4) is 17.4 Å². The fourth-order valence-electron chi connectivity index (χ4n) is 4.20. The van der Waals surface area contributed by atoms with Crippen molar-refractivity contribution in [1.29, 1.82) is 0 Å². The van der Waals surface area contributed by atoms with Crippen molar-refractivity contribution in [1.82, 2.24) is 23.9 Å². The van der Waals surface area contributed by atoms with Crippen LogP contribution in [0.2, 0.25) is 0 Å². The van der Waals surface area contributed by atoms with Gasteiger partial charge in [-0.25, -0.2) is 9.71 Å². The second kappa shape index (κ2) is 12.8. The molecule has 0 spiro atoms. The third kappa shape index (κ3) is 7.71. The van der Waals surface area contributed by atoms with Crippen LogP contribution in [0.3, 0.4) is 0 Å². The number of hydrogen-bond acceptors (Lipinski definition) is 8. The molecule has 3 aromatic rings. The minimum atomic E-state index is -4.88. The third-order valence-corrected chi connectivity index (χ3v) is 7.96. The largest absolute Gasteiger partial charge is 0.484 e. The first-order valence-corrected chi connectivity index (χ1v) is 14.4. The van der Waals surface area contributed by atoms with Crippen LogP contribution in [0.4, 0.5) is 13.2 Å². The van der Waals surface area contributed by atoms with E-state index >= 15 is 0 Å². The lowest BCUT2D eigenvalue weighted by Gasteiger charge is -2.33. The van der Waals surface area contributed by atoms with Gasteiger partial charge in [-0.3, -0.25) is 9.78 Å². The number of ether oxygens (including phenoxy) is 2. The first-order chi connectivity index (χ1) is 19.5. The van der Waals surface area contributed by atoms with Crippen LogP contribution in [0, 0.1) is 0 Å². The van der Waals surface area contributed by atoms with E-state index in [2.05, 4.69) is 9.97 Å². The highest BCUT2D eigenvalue weighted by Crippen LogP contribution is 2.39. The molecule has 220 valence electrons. The van der Waals surface area contributed by atoms with Crippen molar-refractivity contribution in [2.45, 2.75) is 32.5 Å². The molecule has 1 fully saturated rings. The lowest BCUT2D eigenvalue weighted by atomic mass is 10.1. The second-order valence-electron chi connectivity index (χ2n) is 9.18. The number of pyridine rings is 2. The predicted molar refractivity (Wildman–Crippen MR) is 144 cm³/mol. The van der Waals surface area contributed by atoms with Crippen molar-refractivity contribution in [3.05, 3.63) is 77.7 Å². The van der Waals surface area contributed by atoms with Crippen LogP contribution in [0.15, 0.2) is 60.9 Å². The Morgan fingerprint density at radius 1 is 1.05 bits per heavy atom. The Morgan fingerprint density at radius 2 is 1.80 bits per heavy atom. The van der Waals surface area contributed by atoms with Crippen molar-refractivity contribution >= 4 is 16.1 Å². The number of likely N-dealkylation sites (N-methyl/N-ethyl adjacent to an activating group) is 1. The number of nitrogens with one attached hydrogen (secondary N) is 1. The normalized spacial score (nSPS) is 15.7. The van der Waals surface area contributed by atoms with Gasteiger partial charge in [-0.1, -0.05) is 19.9 Å². The molecule has 1 saturated heterocycles. The minimum Gasteiger partial charge on any atom is -0.484 e. The molecule has 0 saturated carbocycles. The zero-order valence-corrected chi connectivity index (χ0v) is 23.3. The first kappa shape index (κ1) is 30.2. The number of nitrogens with zero attached hydrogens (tertiary/aromatic N) is 4. The molecule has 10 nitrogen and oxygen atoms in total. The molecular formula is C27H30F3N5O5S. The molecule has 1 N–H and O–H groups in total. The zero-order valence-electron chi connectivity index (χ0n) is 22.5. The van der Waals surface area contributed by atoms with Crippen LogP contribution in [-0.4, -0.2) is 66.2 Å². The lowest BCUT2D eigenvalue weighted by molar-refractivity contribution is -0.139. The highest BCUT2D eigenvalue weighted by Gasteiger charge is 2.37. The van der Waals surface area contributed by atoms with Gasteiger partial charge in [0, 0.05) is 44.0 Å². The summed E-state index contributed by atoms with van der Waals surface area (Å²) in [7, 11) is -4.23. The summed E-state index contributed by atoms with van der Waals surface area (Å²) in [5.41, 5.74) is -1.32. The van der Waals surface area contributed by atoms with Gasteiger partial charge in [0.2, 0.25) is 5.88 Å². The maximum atomic E-state index is 14.0. The number of aromatic nitrogens is 2. The quantitative estimate of drug-likeness (QED) is 0.367. The Kier molecular flexibility index (Phi) is 9.46. The summed E-state index contributed by atoms with van der Waals surface area (Å²) < 4.78 is 81.8. The Hall–Kier alpha value is -3.75. The second-order valence-corrected chi connectivity index (χ2v) is 10.9. The third-order valence-electron chi connectivity index (χ3n) is 6.48. The number of piperazine rings is 1. The average molecular weight is 594 g/mol. The number of amides is 1. The fourth-order valence-corrected chi connectivity index (χ4v) is 5.32. The van der Waals surface area contributed by atoms with Gasteiger partial charge in [-0.2, -0.15) is 25.9 Å². The molecule has 4 rings (SSSR count). The number of rotatable bonds is 10. The molecule has 0 bridgehead atoms. The molecule has 41 heavy (non-hydrogen) atoms. The Morgan fingerprint density at radius 3 is 2.39 bits per heavy atom. The van der Waals surface area contributed by atoms with Gasteiger partial charge in [-0.15, -0.1) is 0 Å². The summed E-state index contributed by atoms with van der Waals surface area (Å²) in [5, 5.41) is 0. The van der Waals surface area contributed by atoms with Crippen molar-refractivity contribution in [2.24, 2.45) is 0 Å². The van der Waals surface area contributed by atoms with Crippen molar-refractivity contribution < 1.29 is 35.9 Å².